The summed E-state index contributed by atoms with van der Waals surface area (Å²) >= 11 is 9.49. The van der Waals surface area contributed by atoms with E-state index in [2.05, 4.69) is 20.9 Å². The first kappa shape index (κ1) is 18.9. The molecule has 0 aliphatic rings. The molecule has 0 radical (unpaired) electrons. The lowest BCUT2D eigenvalue weighted by Gasteiger charge is -2.12. The zero-order chi connectivity index (χ0) is 18.7. The number of ether oxygens (including phenoxy) is 1. The lowest BCUT2D eigenvalue weighted by Crippen LogP contribution is -2.11. The van der Waals surface area contributed by atoms with Crippen molar-refractivity contribution in [3.05, 3.63) is 58.2 Å². The summed E-state index contributed by atoms with van der Waals surface area (Å²) in [7, 11) is -4.07. The van der Waals surface area contributed by atoms with Gasteiger partial charge >= 0.3 is 10.1 Å². The van der Waals surface area contributed by atoms with Gasteiger partial charge in [-0.25, -0.2) is 0 Å². The molecule has 0 spiro atoms. The molecule has 0 fully saturated rings. The third-order valence-electron chi connectivity index (χ3n) is 3.53. The van der Waals surface area contributed by atoms with Crippen molar-refractivity contribution in [1.29, 1.82) is 0 Å². The molecular weight excluding hydrogens is 442 g/mol. The summed E-state index contributed by atoms with van der Waals surface area (Å²) in [4.78, 5) is 4.18. The van der Waals surface area contributed by atoms with Crippen LogP contribution in [-0.2, 0) is 10.1 Å². The summed E-state index contributed by atoms with van der Waals surface area (Å²) in [6.07, 6.45) is 2.36. The molecule has 0 N–H and O–H groups in total. The second-order valence-electron chi connectivity index (χ2n) is 5.42. The van der Waals surface area contributed by atoms with E-state index < -0.39 is 10.1 Å². The highest BCUT2D eigenvalue weighted by Gasteiger charge is 2.21. The molecule has 0 unspecified atom stereocenters. The molecule has 2 aromatic carbocycles. The molecule has 26 heavy (non-hydrogen) atoms. The van der Waals surface area contributed by atoms with Gasteiger partial charge in [0.25, 0.3) is 0 Å². The topological polar surface area (TPSA) is 65.5 Å². The fraction of sp³-hybridized carbons (Fsp3) is 0.167. The lowest BCUT2D eigenvalue weighted by molar-refractivity contribution is 0.314. The molecule has 0 bridgehead atoms. The van der Waals surface area contributed by atoms with Gasteiger partial charge in [0.15, 0.2) is 5.75 Å². The number of rotatable bonds is 6. The number of benzene rings is 2. The van der Waals surface area contributed by atoms with Crippen LogP contribution in [0.4, 0.5) is 0 Å². The van der Waals surface area contributed by atoms with Crippen LogP contribution in [0.15, 0.2) is 58.0 Å². The third-order valence-corrected chi connectivity index (χ3v) is 5.75. The first-order chi connectivity index (χ1) is 12.4. The Hall–Kier alpha value is -1.83. The molecule has 0 aliphatic carbocycles. The molecule has 1 heterocycles. The number of hydrogen-bond donors (Lipinski definition) is 0. The largest absolute Gasteiger partial charge is 0.492 e. The maximum Gasteiger partial charge on any atom is 0.339 e. The van der Waals surface area contributed by atoms with E-state index >= 15 is 0 Å². The number of aromatic nitrogens is 1. The van der Waals surface area contributed by atoms with E-state index in [1.54, 1.807) is 30.5 Å². The highest BCUT2D eigenvalue weighted by Crippen LogP contribution is 2.33. The molecule has 1 aromatic heterocycles. The van der Waals surface area contributed by atoms with Crippen LogP contribution >= 0.6 is 27.5 Å². The van der Waals surface area contributed by atoms with E-state index in [4.69, 9.17) is 20.5 Å². The van der Waals surface area contributed by atoms with Gasteiger partial charge in [-0.05, 0) is 58.7 Å². The Morgan fingerprint density at radius 2 is 1.96 bits per heavy atom. The Morgan fingerprint density at radius 3 is 2.73 bits per heavy atom. The van der Waals surface area contributed by atoms with Gasteiger partial charge in [-0.2, -0.15) is 8.42 Å². The normalized spacial score (nSPS) is 11.5. The SMILES string of the molecule is CCCOc1cc(S(=O)(=O)Oc2ccc(Cl)c3cccnc23)ccc1Br. The molecule has 136 valence electrons. The van der Waals surface area contributed by atoms with Crippen molar-refractivity contribution in [3.8, 4) is 11.5 Å². The standard InChI is InChI=1S/C18H15BrClNO4S/c1-2-10-24-17-11-12(5-6-14(17)19)26(22,23)25-16-8-7-15(20)13-4-3-9-21-18(13)16/h3-9,11H,2,10H2,1H3. The minimum atomic E-state index is -4.07. The van der Waals surface area contributed by atoms with Gasteiger partial charge < -0.3 is 8.92 Å². The van der Waals surface area contributed by atoms with Crippen LogP contribution in [0.5, 0.6) is 11.5 Å². The number of fused-ring (bicyclic) bond motifs is 1. The van der Waals surface area contributed by atoms with Gasteiger partial charge in [0.1, 0.15) is 16.2 Å². The lowest BCUT2D eigenvalue weighted by atomic mass is 10.2. The highest BCUT2D eigenvalue weighted by molar-refractivity contribution is 9.10. The Morgan fingerprint density at radius 1 is 1.15 bits per heavy atom. The average molecular weight is 457 g/mol. The number of pyridine rings is 1. The van der Waals surface area contributed by atoms with E-state index in [9.17, 15) is 8.42 Å². The molecule has 3 rings (SSSR count). The maximum atomic E-state index is 12.7. The molecule has 5 nitrogen and oxygen atoms in total. The first-order valence-corrected chi connectivity index (χ1v) is 10.4. The average Bonchev–Trinajstić information content (AvgIpc) is 2.63. The predicted octanol–water partition coefficient (Wildman–Crippen LogP) is 5.21. The summed E-state index contributed by atoms with van der Waals surface area (Å²) < 4.78 is 37.0. The van der Waals surface area contributed by atoms with Crippen LogP contribution in [0.2, 0.25) is 5.02 Å². The van der Waals surface area contributed by atoms with Crippen LogP contribution in [0.1, 0.15) is 13.3 Å². The highest BCUT2D eigenvalue weighted by atomic mass is 79.9. The Bertz CT molecular complexity index is 1060. The quantitative estimate of drug-likeness (QED) is 0.477. The summed E-state index contributed by atoms with van der Waals surface area (Å²) in [5.41, 5.74) is 0.378. The van der Waals surface area contributed by atoms with Gasteiger partial charge in [0, 0.05) is 17.6 Å². The number of hydrogen-bond acceptors (Lipinski definition) is 5. The van der Waals surface area contributed by atoms with Crippen molar-refractivity contribution in [2.24, 2.45) is 0 Å². The number of nitrogens with zero attached hydrogens (tertiary/aromatic N) is 1. The fourth-order valence-electron chi connectivity index (χ4n) is 2.31. The van der Waals surface area contributed by atoms with Crippen LogP contribution in [-0.4, -0.2) is 20.0 Å². The number of halogens is 2. The van der Waals surface area contributed by atoms with E-state index in [0.717, 1.165) is 6.42 Å². The minimum Gasteiger partial charge on any atom is -0.492 e. The van der Waals surface area contributed by atoms with Gasteiger partial charge in [0.2, 0.25) is 0 Å². The molecule has 0 atom stereocenters. The van der Waals surface area contributed by atoms with Crippen LogP contribution in [0, 0.1) is 0 Å². The van der Waals surface area contributed by atoms with Gasteiger partial charge in [0.05, 0.1) is 16.1 Å². The summed E-state index contributed by atoms with van der Waals surface area (Å²) in [5, 5.41) is 1.08. The molecule has 0 amide bonds. The summed E-state index contributed by atoms with van der Waals surface area (Å²) in [6, 6.07) is 11.0. The zero-order valence-corrected chi connectivity index (χ0v) is 16.9. The Balaban J connectivity index is 1.99. The Labute approximate surface area is 165 Å². The molecular formula is C18H15BrClNO4S. The monoisotopic (exact) mass is 455 g/mol. The van der Waals surface area contributed by atoms with E-state index in [-0.39, 0.29) is 10.6 Å². The molecule has 8 heteroatoms. The maximum absolute atomic E-state index is 12.7. The van der Waals surface area contributed by atoms with Gasteiger partial charge in [-0.3, -0.25) is 4.98 Å². The smallest absolute Gasteiger partial charge is 0.339 e. The first-order valence-electron chi connectivity index (χ1n) is 7.82. The van der Waals surface area contributed by atoms with E-state index in [0.29, 0.717) is 32.8 Å². The molecule has 0 aliphatic heterocycles. The molecule has 3 aromatic rings. The van der Waals surface area contributed by atoms with Crippen LogP contribution in [0.3, 0.4) is 0 Å². The van der Waals surface area contributed by atoms with Gasteiger partial charge in [-0.1, -0.05) is 18.5 Å². The fourth-order valence-corrected chi connectivity index (χ4v) is 3.84. The third kappa shape index (κ3) is 3.95. The molecule has 0 saturated heterocycles. The summed E-state index contributed by atoms with van der Waals surface area (Å²) in [5.74, 6) is 0.555. The zero-order valence-electron chi connectivity index (χ0n) is 13.8. The second-order valence-corrected chi connectivity index (χ2v) is 8.23. The van der Waals surface area contributed by atoms with Crippen molar-refractivity contribution >= 4 is 48.6 Å². The predicted molar refractivity (Wildman–Crippen MR) is 104 cm³/mol. The van der Waals surface area contributed by atoms with Gasteiger partial charge in [-0.15, -0.1) is 0 Å². The Kier molecular flexibility index (Phi) is 5.70. The van der Waals surface area contributed by atoms with Crippen LogP contribution in [0.25, 0.3) is 10.9 Å². The second kappa shape index (κ2) is 7.82. The van der Waals surface area contributed by atoms with Crippen molar-refractivity contribution in [2.75, 3.05) is 6.61 Å². The van der Waals surface area contributed by atoms with Crippen molar-refractivity contribution in [2.45, 2.75) is 18.2 Å². The van der Waals surface area contributed by atoms with Crippen molar-refractivity contribution < 1.29 is 17.3 Å². The van der Waals surface area contributed by atoms with Crippen molar-refractivity contribution in [1.82, 2.24) is 4.98 Å². The summed E-state index contributed by atoms with van der Waals surface area (Å²) in [6.45, 7) is 2.45. The van der Waals surface area contributed by atoms with Crippen LogP contribution < -0.4 is 8.92 Å². The van der Waals surface area contributed by atoms with E-state index in [1.807, 2.05) is 6.92 Å². The molecule has 0 saturated carbocycles. The minimum absolute atomic E-state index is 0.00849. The van der Waals surface area contributed by atoms with Crippen molar-refractivity contribution in [3.63, 3.8) is 0 Å². The van der Waals surface area contributed by atoms with E-state index in [1.165, 1.54) is 18.2 Å².